The number of likely N-dealkylation sites (tertiary alicyclic amines) is 1. The molecule has 0 radical (unpaired) electrons. The summed E-state index contributed by atoms with van der Waals surface area (Å²) in [5, 5.41) is 25.8. The van der Waals surface area contributed by atoms with Gasteiger partial charge in [0, 0.05) is 54.1 Å². The lowest BCUT2D eigenvalue weighted by Crippen LogP contribution is -2.50. The number of nitrogens with zero attached hydrogens (tertiary/aromatic N) is 7. The van der Waals surface area contributed by atoms with Gasteiger partial charge in [-0.15, -0.1) is 21.0 Å². The number of hydrogen-bond donors (Lipinski definition) is 4. The highest BCUT2D eigenvalue weighted by molar-refractivity contribution is 9.09. The molecule has 0 saturated carbocycles. The van der Waals surface area contributed by atoms with Gasteiger partial charge in [-0.3, -0.25) is 21.1 Å². The van der Waals surface area contributed by atoms with Crippen LogP contribution in [-0.2, 0) is 27.5 Å². The highest BCUT2D eigenvalue weighted by Crippen LogP contribution is 2.25. The number of nitrogens with two attached hydrogens (primary N) is 2. The quantitative estimate of drug-likeness (QED) is 0.0939. The Hall–Kier alpha value is -5.54. The van der Waals surface area contributed by atoms with Crippen molar-refractivity contribution < 1.29 is 34.0 Å². The number of carbonyl (C=O) groups excluding carboxylic acids is 1. The molecule has 0 atom stereocenters. The highest BCUT2D eigenvalue weighted by atomic mass is 79.9. The van der Waals surface area contributed by atoms with Crippen molar-refractivity contribution in [3.63, 3.8) is 0 Å². The smallest absolute Gasteiger partial charge is 0.348 e. The van der Waals surface area contributed by atoms with Gasteiger partial charge in [0.25, 0.3) is 17.5 Å². The molecule has 6 rings (SSSR count). The number of nitrogen functional groups attached to an aromatic ring is 2. The largest absolute Gasteiger partial charge is 0.481 e. The van der Waals surface area contributed by atoms with E-state index >= 15 is 0 Å². The molecule has 326 valence electrons. The van der Waals surface area contributed by atoms with Gasteiger partial charge in [-0.1, -0.05) is 103 Å². The Bertz CT molecular complexity index is 2100. The van der Waals surface area contributed by atoms with Crippen molar-refractivity contribution in [3.05, 3.63) is 107 Å². The van der Waals surface area contributed by atoms with Gasteiger partial charge in [0.15, 0.2) is 6.54 Å². The number of alkyl halides is 2. The molecule has 14 nitrogen and oxygen atoms in total. The molecule has 1 amide bonds. The number of aryl methyl sites for hydroxylation is 5. The van der Waals surface area contributed by atoms with Crippen molar-refractivity contribution in [1.82, 2.24) is 25.1 Å². The Morgan fingerprint density at radius 1 is 0.717 bits per heavy atom. The molecule has 0 spiro atoms. The van der Waals surface area contributed by atoms with Crippen molar-refractivity contribution in [1.29, 1.82) is 0 Å². The number of aromatic nitrogens is 6. The minimum absolute atomic E-state index is 0. The summed E-state index contributed by atoms with van der Waals surface area (Å²) >= 11 is 8.83. The molecule has 3 aromatic heterocycles. The summed E-state index contributed by atoms with van der Waals surface area (Å²) in [7, 11) is 0. The topological polar surface area (TPSA) is 206 Å². The van der Waals surface area contributed by atoms with Crippen molar-refractivity contribution in [3.8, 4) is 22.5 Å². The summed E-state index contributed by atoms with van der Waals surface area (Å²) < 4.78 is 2.90. The number of carboxylic acid groups (broad SMARTS) is 2. The van der Waals surface area contributed by atoms with E-state index in [1.165, 1.54) is 4.68 Å². The average Bonchev–Trinajstić information content (AvgIpc) is 3.19. The molecule has 4 heterocycles. The first-order chi connectivity index (χ1) is 27.6. The first-order valence-corrected chi connectivity index (χ1v) is 20.3. The Kier molecular flexibility index (Phi) is 25.4. The third-order valence-electron chi connectivity index (χ3n) is 8.47. The van der Waals surface area contributed by atoms with Gasteiger partial charge in [0.2, 0.25) is 6.54 Å². The molecule has 0 bridgehead atoms. The summed E-state index contributed by atoms with van der Waals surface area (Å²) in [5.41, 5.74) is 19.7. The van der Waals surface area contributed by atoms with Crippen molar-refractivity contribution in [2.45, 2.75) is 94.6 Å². The fourth-order valence-corrected chi connectivity index (χ4v) is 5.73. The minimum Gasteiger partial charge on any atom is -0.481 e. The molecule has 1 fully saturated rings. The van der Waals surface area contributed by atoms with E-state index in [-0.39, 0.29) is 44.6 Å². The summed E-state index contributed by atoms with van der Waals surface area (Å²) in [6.07, 6.45) is 5.12. The van der Waals surface area contributed by atoms with Gasteiger partial charge >= 0.3 is 11.9 Å². The van der Waals surface area contributed by atoms with Gasteiger partial charge in [-0.05, 0) is 75.8 Å². The van der Waals surface area contributed by atoms with Gasteiger partial charge in [-0.25, -0.2) is 14.8 Å². The average molecular weight is 913 g/mol. The molecule has 16 heteroatoms. The SMILES string of the molecule is C.C.CC.Cc1ccccc1-c1n[n+](CC(=O)N2CCC(Cl)CC2)c(N)cc1C.Cc1ccccc1-c1n[n+](CC(=O)O)c(N)cc1C.Cc1ncccn1.O=C(O)CBr. The lowest BCUT2D eigenvalue weighted by atomic mass is 10.0. The molecule has 1 aliphatic heterocycles. The van der Waals surface area contributed by atoms with Crippen molar-refractivity contribution >= 4 is 57.0 Å². The first kappa shape index (κ1) is 54.5. The second-order valence-electron chi connectivity index (χ2n) is 12.9. The van der Waals surface area contributed by atoms with E-state index in [1.807, 2.05) is 95.0 Å². The van der Waals surface area contributed by atoms with Crippen LogP contribution in [0.4, 0.5) is 11.6 Å². The molecular weight excluding hydrogens is 850 g/mol. The summed E-state index contributed by atoms with van der Waals surface area (Å²) in [6.45, 7) is 15.1. The number of carbonyl (C=O) groups is 3. The number of benzene rings is 2. The Labute approximate surface area is 368 Å². The molecular formula is C44H63BrClN9O5+2. The van der Waals surface area contributed by atoms with Crippen LogP contribution in [0.5, 0.6) is 0 Å². The third-order valence-corrected chi connectivity index (χ3v) is 9.39. The number of piperidine rings is 1. The number of hydrogen-bond acceptors (Lipinski definition) is 9. The lowest BCUT2D eigenvalue weighted by molar-refractivity contribution is -0.729. The molecule has 0 aliphatic carbocycles. The number of rotatable bonds is 7. The fourth-order valence-electron chi connectivity index (χ4n) is 5.53. The van der Waals surface area contributed by atoms with Crippen LogP contribution in [0.15, 0.2) is 79.1 Å². The second kappa shape index (κ2) is 28.0. The maximum atomic E-state index is 12.6. The molecule has 5 aromatic rings. The van der Waals surface area contributed by atoms with Crippen LogP contribution < -0.4 is 20.8 Å². The summed E-state index contributed by atoms with van der Waals surface area (Å²) in [6, 6.07) is 21.4. The van der Waals surface area contributed by atoms with Crippen LogP contribution >= 0.6 is 27.5 Å². The van der Waals surface area contributed by atoms with E-state index in [0.717, 1.165) is 63.4 Å². The number of halogens is 2. The molecule has 2 aromatic carbocycles. The van der Waals surface area contributed by atoms with E-state index in [9.17, 15) is 14.4 Å². The van der Waals surface area contributed by atoms with E-state index in [0.29, 0.717) is 24.7 Å². The predicted molar refractivity (Wildman–Crippen MR) is 244 cm³/mol. The zero-order valence-corrected chi connectivity index (χ0v) is 36.5. The standard InChI is InChI=1S/C19H23ClN4O.C14H15N3O2.C5H6N2.C2H3BrO2.C2H6.2CH4/c1-13-5-3-4-6-16(13)19-14(2)11-17(21)24(22-19)12-18(25)23-9-7-15(20)8-10-23;1-9-5-3-4-6-11(9)14-10(2)7-12(15)17(16-14)8-13(18)19;1-5-6-3-2-4-7-5;3-1-2(4)5;1-2;;/h3-6,11,15,21H,7-10,12H2,1-2H3;3-7,15H,8H2,1-2H3,(H,18,19);2-4H,1H3;1H2,(H,4,5);1-2H3;2*1H4/p+2. The molecule has 0 unspecified atom stereocenters. The van der Waals surface area contributed by atoms with Crippen LogP contribution in [-0.4, -0.2) is 76.9 Å². The fraction of sp³-hybridized carbons (Fsp3) is 0.386. The van der Waals surface area contributed by atoms with Crippen LogP contribution in [0.3, 0.4) is 0 Å². The Morgan fingerprint density at radius 3 is 1.47 bits per heavy atom. The maximum Gasteiger partial charge on any atom is 0.348 e. The maximum absolute atomic E-state index is 12.6. The van der Waals surface area contributed by atoms with E-state index < -0.39 is 11.9 Å². The van der Waals surface area contributed by atoms with Gasteiger partial charge in [-0.2, -0.15) is 0 Å². The Balaban J connectivity index is 0.000000874. The van der Waals surface area contributed by atoms with E-state index in [1.54, 1.807) is 29.2 Å². The molecule has 1 saturated heterocycles. The number of amides is 1. The second-order valence-corrected chi connectivity index (χ2v) is 14.1. The summed E-state index contributed by atoms with van der Waals surface area (Å²) in [5.74, 6) is -0.101. The highest BCUT2D eigenvalue weighted by Gasteiger charge is 2.25. The zero-order valence-electron chi connectivity index (χ0n) is 34.2. The van der Waals surface area contributed by atoms with Crippen LogP contribution in [0.1, 0.15) is 69.6 Å². The first-order valence-electron chi connectivity index (χ1n) is 18.7. The summed E-state index contributed by atoms with van der Waals surface area (Å²) in [4.78, 5) is 42.3. The third kappa shape index (κ3) is 17.8. The molecule has 6 N–H and O–H groups in total. The van der Waals surface area contributed by atoms with Crippen molar-refractivity contribution in [2.24, 2.45) is 0 Å². The van der Waals surface area contributed by atoms with Crippen LogP contribution in [0.25, 0.3) is 22.5 Å². The van der Waals surface area contributed by atoms with Crippen molar-refractivity contribution in [2.75, 3.05) is 29.9 Å². The van der Waals surface area contributed by atoms with Crippen LogP contribution in [0.2, 0.25) is 0 Å². The van der Waals surface area contributed by atoms with E-state index in [4.69, 9.17) is 33.3 Å². The predicted octanol–water partition coefficient (Wildman–Crippen LogP) is 7.33. The number of aliphatic carboxylic acids is 2. The van der Waals surface area contributed by atoms with E-state index in [2.05, 4.69) is 49.1 Å². The zero-order chi connectivity index (χ0) is 43.4. The Morgan fingerprint density at radius 2 is 1.12 bits per heavy atom. The molecule has 1 aliphatic rings. The number of anilines is 2. The minimum atomic E-state index is -0.969. The number of carboxylic acids is 2. The normalized spacial score (nSPS) is 11.4. The van der Waals surface area contributed by atoms with Gasteiger partial charge < -0.3 is 15.1 Å². The lowest BCUT2D eigenvalue weighted by Gasteiger charge is -2.28. The van der Waals surface area contributed by atoms with Gasteiger partial charge in [0.05, 0.1) is 0 Å². The monoisotopic (exact) mass is 911 g/mol. The van der Waals surface area contributed by atoms with Gasteiger partial charge in [0.1, 0.15) is 22.5 Å². The molecule has 60 heavy (non-hydrogen) atoms. The van der Waals surface area contributed by atoms with Crippen LogP contribution in [0, 0.1) is 34.6 Å².